The largest absolute Gasteiger partial charge is 0.207 e. The second-order valence-electron chi connectivity index (χ2n) is 5.69. The molecular weight excluding hydrogens is 235 g/mol. The predicted molar refractivity (Wildman–Crippen MR) is 68.7 cm³/mol. The summed E-state index contributed by atoms with van der Waals surface area (Å²) in [5.41, 5.74) is 1.16. The van der Waals surface area contributed by atoms with Gasteiger partial charge in [-0.1, -0.05) is 18.6 Å². The SMILES string of the molecule is Fc1ccc(CC(Cl)C2CC3CCC2C3)cc1. The third kappa shape index (κ3) is 2.35. The number of fused-ring (bicyclic) bond motifs is 2. The molecule has 4 unspecified atom stereocenters. The Bertz CT molecular complexity index is 386. The molecule has 17 heavy (non-hydrogen) atoms. The van der Waals surface area contributed by atoms with Crippen LogP contribution in [0.3, 0.4) is 0 Å². The Morgan fingerprint density at radius 1 is 1.18 bits per heavy atom. The van der Waals surface area contributed by atoms with Crippen molar-refractivity contribution in [3.8, 4) is 0 Å². The van der Waals surface area contributed by atoms with Gasteiger partial charge in [-0.25, -0.2) is 4.39 Å². The quantitative estimate of drug-likeness (QED) is 0.699. The van der Waals surface area contributed by atoms with E-state index < -0.39 is 0 Å². The highest BCUT2D eigenvalue weighted by molar-refractivity contribution is 6.21. The van der Waals surface area contributed by atoms with Crippen LogP contribution in [0.2, 0.25) is 0 Å². The van der Waals surface area contributed by atoms with Crippen LogP contribution >= 0.6 is 11.6 Å². The topological polar surface area (TPSA) is 0 Å². The molecule has 2 aliphatic rings. The van der Waals surface area contributed by atoms with Gasteiger partial charge in [0, 0.05) is 5.38 Å². The number of alkyl halides is 1. The fourth-order valence-electron chi connectivity index (χ4n) is 3.73. The first-order valence-corrected chi connectivity index (χ1v) is 7.04. The van der Waals surface area contributed by atoms with E-state index in [9.17, 15) is 4.39 Å². The lowest BCUT2D eigenvalue weighted by Gasteiger charge is -2.26. The van der Waals surface area contributed by atoms with Gasteiger partial charge in [0.25, 0.3) is 0 Å². The summed E-state index contributed by atoms with van der Waals surface area (Å²) in [6, 6.07) is 6.77. The lowest BCUT2D eigenvalue weighted by atomic mass is 9.84. The van der Waals surface area contributed by atoms with Gasteiger partial charge < -0.3 is 0 Å². The van der Waals surface area contributed by atoms with E-state index in [1.807, 2.05) is 12.1 Å². The van der Waals surface area contributed by atoms with Crippen LogP contribution in [0.4, 0.5) is 4.39 Å². The molecule has 2 heteroatoms. The molecule has 0 aromatic heterocycles. The van der Waals surface area contributed by atoms with Gasteiger partial charge in [0.05, 0.1) is 0 Å². The van der Waals surface area contributed by atoms with E-state index in [1.54, 1.807) is 0 Å². The molecule has 2 saturated carbocycles. The maximum absolute atomic E-state index is 12.8. The molecule has 2 bridgehead atoms. The van der Waals surface area contributed by atoms with E-state index in [4.69, 9.17) is 11.6 Å². The molecule has 0 heterocycles. The summed E-state index contributed by atoms with van der Waals surface area (Å²) in [4.78, 5) is 0. The summed E-state index contributed by atoms with van der Waals surface area (Å²) in [6.45, 7) is 0. The van der Waals surface area contributed by atoms with E-state index in [2.05, 4.69) is 0 Å². The average molecular weight is 253 g/mol. The van der Waals surface area contributed by atoms with Crippen molar-refractivity contribution in [2.75, 3.05) is 0 Å². The van der Waals surface area contributed by atoms with Crippen molar-refractivity contribution in [1.82, 2.24) is 0 Å². The number of hydrogen-bond acceptors (Lipinski definition) is 0. The van der Waals surface area contributed by atoms with Gasteiger partial charge in [-0.2, -0.15) is 0 Å². The maximum Gasteiger partial charge on any atom is 0.123 e. The van der Waals surface area contributed by atoms with Crippen molar-refractivity contribution in [2.45, 2.75) is 37.5 Å². The molecule has 0 N–H and O–H groups in total. The monoisotopic (exact) mass is 252 g/mol. The lowest BCUT2D eigenvalue weighted by molar-refractivity contribution is 0.319. The van der Waals surface area contributed by atoms with E-state index >= 15 is 0 Å². The minimum absolute atomic E-state index is 0.167. The fourth-order valence-corrected chi connectivity index (χ4v) is 4.22. The molecule has 0 radical (unpaired) electrons. The van der Waals surface area contributed by atoms with Crippen molar-refractivity contribution >= 4 is 11.6 Å². The van der Waals surface area contributed by atoms with Crippen LogP contribution in [-0.2, 0) is 6.42 Å². The summed E-state index contributed by atoms with van der Waals surface area (Å²) in [7, 11) is 0. The van der Waals surface area contributed by atoms with Crippen LogP contribution in [-0.4, -0.2) is 5.38 Å². The van der Waals surface area contributed by atoms with Crippen LogP contribution in [0.5, 0.6) is 0 Å². The summed E-state index contributed by atoms with van der Waals surface area (Å²) in [6.07, 6.45) is 6.40. The molecule has 2 fully saturated rings. The van der Waals surface area contributed by atoms with E-state index in [0.717, 1.165) is 23.8 Å². The van der Waals surface area contributed by atoms with Crippen LogP contribution in [0.1, 0.15) is 31.2 Å². The highest BCUT2D eigenvalue weighted by Gasteiger charge is 2.42. The van der Waals surface area contributed by atoms with E-state index in [0.29, 0.717) is 5.92 Å². The summed E-state index contributed by atoms with van der Waals surface area (Å²) < 4.78 is 12.8. The molecule has 0 aliphatic heterocycles. The molecule has 0 amide bonds. The van der Waals surface area contributed by atoms with E-state index in [-0.39, 0.29) is 11.2 Å². The lowest BCUT2D eigenvalue weighted by Crippen LogP contribution is -2.23. The zero-order valence-corrected chi connectivity index (χ0v) is 10.7. The summed E-state index contributed by atoms with van der Waals surface area (Å²) in [5, 5.41) is 0.232. The number of hydrogen-bond donors (Lipinski definition) is 0. The Morgan fingerprint density at radius 3 is 2.53 bits per heavy atom. The van der Waals surface area contributed by atoms with Crippen LogP contribution in [0.15, 0.2) is 24.3 Å². The first kappa shape index (κ1) is 11.5. The Kier molecular flexibility index (Phi) is 3.12. The molecule has 0 nitrogen and oxygen atoms in total. The number of benzene rings is 1. The number of halogens is 2. The Balaban J connectivity index is 1.63. The van der Waals surface area contributed by atoms with Crippen molar-refractivity contribution < 1.29 is 4.39 Å². The highest BCUT2D eigenvalue weighted by atomic mass is 35.5. The molecular formula is C15H18ClF. The minimum atomic E-state index is -0.167. The molecule has 3 rings (SSSR count). The zero-order valence-electron chi connectivity index (χ0n) is 9.91. The maximum atomic E-state index is 12.8. The second-order valence-corrected chi connectivity index (χ2v) is 6.25. The van der Waals surface area contributed by atoms with Crippen molar-refractivity contribution in [3.05, 3.63) is 35.6 Å². The number of rotatable bonds is 3. The predicted octanol–water partition coefficient (Wildman–Crippen LogP) is 4.41. The van der Waals surface area contributed by atoms with Gasteiger partial charge in [-0.3, -0.25) is 0 Å². The van der Waals surface area contributed by atoms with Gasteiger partial charge in [0.1, 0.15) is 5.82 Å². The third-order valence-electron chi connectivity index (χ3n) is 4.60. The normalized spacial score (nSPS) is 32.9. The molecule has 1 aromatic carbocycles. The standard InChI is InChI=1S/C15H18ClF/c16-15(9-10-2-5-13(17)6-3-10)14-8-11-1-4-12(14)7-11/h2-3,5-6,11-12,14-15H,1,4,7-9H2. The molecule has 1 aromatic rings. The third-order valence-corrected chi connectivity index (χ3v) is 5.08. The Hall–Kier alpha value is -0.560. The molecule has 92 valence electrons. The smallest absolute Gasteiger partial charge is 0.123 e. The van der Waals surface area contributed by atoms with Gasteiger partial charge in [-0.15, -0.1) is 11.6 Å². The van der Waals surface area contributed by atoms with Crippen LogP contribution < -0.4 is 0 Å². The van der Waals surface area contributed by atoms with Crippen LogP contribution in [0.25, 0.3) is 0 Å². The van der Waals surface area contributed by atoms with E-state index in [1.165, 1.54) is 37.8 Å². The fraction of sp³-hybridized carbons (Fsp3) is 0.600. The van der Waals surface area contributed by atoms with Crippen molar-refractivity contribution in [3.63, 3.8) is 0 Å². The first-order valence-electron chi connectivity index (χ1n) is 6.61. The highest BCUT2D eigenvalue weighted by Crippen LogP contribution is 2.50. The second kappa shape index (κ2) is 4.61. The van der Waals surface area contributed by atoms with Gasteiger partial charge in [0.15, 0.2) is 0 Å². The van der Waals surface area contributed by atoms with Gasteiger partial charge in [-0.05, 0) is 61.1 Å². The Labute approximate surface area is 107 Å². The van der Waals surface area contributed by atoms with Gasteiger partial charge in [0.2, 0.25) is 0 Å². The molecule has 0 saturated heterocycles. The van der Waals surface area contributed by atoms with Gasteiger partial charge >= 0.3 is 0 Å². The summed E-state index contributed by atoms with van der Waals surface area (Å²) in [5.74, 6) is 2.34. The molecule has 0 spiro atoms. The first-order chi connectivity index (χ1) is 8.22. The summed E-state index contributed by atoms with van der Waals surface area (Å²) >= 11 is 6.56. The van der Waals surface area contributed by atoms with Crippen LogP contribution in [0, 0.1) is 23.6 Å². The van der Waals surface area contributed by atoms with Crippen molar-refractivity contribution in [1.29, 1.82) is 0 Å². The van der Waals surface area contributed by atoms with Crippen molar-refractivity contribution in [2.24, 2.45) is 17.8 Å². The molecule has 4 atom stereocenters. The molecule has 2 aliphatic carbocycles. The zero-order chi connectivity index (χ0) is 11.8. The minimum Gasteiger partial charge on any atom is -0.207 e. The Morgan fingerprint density at radius 2 is 1.94 bits per heavy atom. The average Bonchev–Trinajstić information content (AvgIpc) is 2.94.